The first kappa shape index (κ1) is 15.2. The van der Waals surface area contributed by atoms with Gasteiger partial charge >= 0.3 is 0 Å². The number of benzene rings is 2. The molecule has 0 fully saturated rings. The highest BCUT2D eigenvalue weighted by Gasteiger charge is 2.12. The van der Waals surface area contributed by atoms with Crippen molar-refractivity contribution in [1.82, 2.24) is 10.5 Å². The first-order valence-corrected chi connectivity index (χ1v) is 7.25. The number of nitrogens with one attached hydrogen (secondary N) is 1. The van der Waals surface area contributed by atoms with Crippen LogP contribution >= 0.6 is 11.6 Å². The minimum absolute atomic E-state index is 0.0626. The number of amides is 1. The highest BCUT2D eigenvalue weighted by atomic mass is 35.5. The van der Waals surface area contributed by atoms with Gasteiger partial charge in [-0.2, -0.15) is 0 Å². The van der Waals surface area contributed by atoms with Crippen molar-refractivity contribution in [2.24, 2.45) is 0 Å². The second kappa shape index (κ2) is 6.62. The molecule has 3 rings (SSSR count). The van der Waals surface area contributed by atoms with Crippen LogP contribution < -0.4 is 5.32 Å². The van der Waals surface area contributed by atoms with Crippen molar-refractivity contribution in [3.8, 4) is 11.3 Å². The number of hydrogen-bond donors (Lipinski definition) is 1. The molecule has 0 aliphatic rings. The average molecular weight is 331 g/mol. The highest BCUT2D eigenvalue weighted by molar-refractivity contribution is 6.33. The fourth-order valence-corrected chi connectivity index (χ4v) is 2.33. The zero-order chi connectivity index (χ0) is 16.2. The van der Waals surface area contributed by atoms with Gasteiger partial charge in [0, 0.05) is 11.6 Å². The fraction of sp³-hybridized carbons (Fsp3) is 0.0588. The molecule has 0 unspecified atom stereocenters. The molecular formula is C17H12ClFN2O2. The molecule has 116 valence electrons. The Kier molecular flexibility index (Phi) is 4.39. The summed E-state index contributed by atoms with van der Waals surface area (Å²) in [7, 11) is 0. The van der Waals surface area contributed by atoms with E-state index in [0.717, 1.165) is 11.6 Å². The van der Waals surface area contributed by atoms with Crippen LogP contribution in [-0.2, 0) is 6.54 Å². The summed E-state index contributed by atoms with van der Waals surface area (Å²) >= 11 is 5.86. The molecule has 0 atom stereocenters. The third-order valence-corrected chi connectivity index (χ3v) is 3.54. The monoisotopic (exact) mass is 330 g/mol. The summed E-state index contributed by atoms with van der Waals surface area (Å²) in [6, 6.07) is 14.9. The summed E-state index contributed by atoms with van der Waals surface area (Å²) in [6.07, 6.45) is 0. The Morgan fingerprint density at radius 1 is 1.17 bits per heavy atom. The second-order valence-corrected chi connectivity index (χ2v) is 5.26. The lowest BCUT2D eigenvalue weighted by Gasteiger charge is -2.04. The number of nitrogens with zero attached hydrogens (tertiary/aromatic N) is 1. The Morgan fingerprint density at radius 2 is 1.96 bits per heavy atom. The van der Waals surface area contributed by atoms with Gasteiger partial charge in [-0.3, -0.25) is 4.79 Å². The number of carbonyl (C=O) groups is 1. The third kappa shape index (κ3) is 3.57. The SMILES string of the molecule is O=C(NCc1cc(-c2ccccc2)on1)c1ccc(F)cc1Cl. The Labute approximate surface area is 136 Å². The summed E-state index contributed by atoms with van der Waals surface area (Å²) < 4.78 is 18.2. The predicted molar refractivity (Wildman–Crippen MR) is 84.5 cm³/mol. The Morgan fingerprint density at radius 3 is 2.70 bits per heavy atom. The molecule has 1 aromatic heterocycles. The standard InChI is InChI=1S/C17H12ClFN2O2/c18-15-8-12(19)6-7-14(15)17(22)20-10-13-9-16(23-21-13)11-4-2-1-3-5-11/h1-9H,10H2,(H,20,22). The van der Waals surface area contributed by atoms with Crippen molar-refractivity contribution in [3.63, 3.8) is 0 Å². The molecule has 23 heavy (non-hydrogen) atoms. The molecule has 0 radical (unpaired) electrons. The lowest BCUT2D eigenvalue weighted by Crippen LogP contribution is -2.23. The van der Waals surface area contributed by atoms with E-state index >= 15 is 0 Å². The zero-order valence-electron chi connectivity index (χ0n) is 11.9. The number of hydrogen-bond acceptors (Lipinski definition) is 3. The van der Waals surface area contributed by atoms with E-state index in [1.807, 2.05) is 30.3 Å². The van der Waals surface area contributed by atoms with Gasteiger partial charge in [-0.05, 0) is 18.2 Å². The summed E-state index contributed by atoms with van der Waals surface area (Å²) in [5.74, 6) is -0.274. The summed E-state index contributed by atoms with van der Waals surface area (Å²) in [5.41, 5.74) is 1.69. The van der Waals surface area contributed by atoms with Gasteiger partial charge in [0.1, 0.15) is 11.5 Å². The third-order valence-electron chi connectivity index (χ3n) is 3.22. The van der Waals surface area contributed by atoms with Crippen molar-refractivity contribution in [2.75, 3.05) is 0 Å². The van der Waals surface area contributed by atoms with Crippen molar-refractivity contribution in [3.05, 3.63) is 76.7 Å². The summed E-state index contributed by atoms with van der Waals surface area (Å²) in [4.78, 5) is 12.1. The lowest BCUT2D eigenvalue weighted by atomic mass is 10.1. The first-order valence-electron chi connectivity index (χ1n) is 6.88. The molecule has 0 saturated heterocycles. The van der Waals surface area contributed by atoms with Crippen LogP contribution in [0.2, 0.25) is 5.02 Å². The van der Waals surface area contributed by atoms with Gasteiger partial charge in [-0.25, -0.2) is 4.39 Å². The minimum Gasteiger partial charge on any atom is -0.356 e. The highest BCUT2D eigenvalue weighted by Crippen LogP contribution is 2.20. The molecule has 3 aromatic rings. The van der Waals surface area contributed by atoms with E-state index in [2.05, 4.69) is 10.5 Å². The molecule has 0 spiro atoms. The first-order chi connectivity index (χ1) is 11.1. The summed E-state index contributed by atoms with van der Waals surface area (Å²) in [5, 5.41) is 6.65. The molecule has 1 heterocycles. The van der Waals surface area contributed by atoms with Crippen LogP contribution in [0.15, 0.2) is 59.1 Å². The van der Waals surface area contributed by atoms with E-state index < -0.39 is 11.7 Å². The van der Waals surface area contributed by atoms with Gasteiger partial charge < -0.3 is 9.84 Å². The van der Waals surface area contributed by atoms with Crippen LogP contribution in [0.5, 0.6) is 0 Å². The normalized spacial score (nSPS) is 10.5. The van der Waals surface area contributed by atoms with E-state index in [1.54, 1.807) is 6.07 Å². The predicted octanol–water partition coefficient (Wildman–Crippen LogP) is 4.06. The van der Waals surface area contributed by atoms with Gasteiger partial charge in [0.25, 0.3) is 5.91 Å². The average Bonchev–Trinajstić information content (AvgIpc) is 3.02. The molecule has 1 amide bonds. The zero-order valence-corrected chi connectivity index (χ0v) is 12.7. The largest absolute Gasteiger partial charge is 0.356 e. The molecule has 2 aromatic carbocycles. The molecular weight excluding hydrogens is 319 g/mol. The molecule has 1 N–H and O–H groups in total. The van der Waals surface area contributed by atoms with Gasteiger partial charge in [0.05, 0.1) is 17.1 Å². The molecule has 0 aliphatic carbocycles. The minimum atomic E-state index is -0.490. The van der Waals surface area contributed by atoms with Gasteiger partial charge in [-0.15, -0.1) is 0 Å². The van der Waals surface area contributed by atoms with Crippen LogP contribution in [0.1, 0.15) is 16.1 Å². The van der Waals surface area contributed by atoms with Gasteiger partial charge in [0.2, 0.25) is 0 Å². The molecule has 0 saturated carbocycles. The number of rotatable bonds is 4. The van der Waals surface area contributed by atoms with Crippen LogP contribution in [0.4, 0.5) is 4.39 Å². The second-order valence-electron chi connectivity index (χ2n) is 4.86. The smallest absolute Gasteiger partial charge is 0.253 e. The Balaban J connectivity index is 1.67. The molecule has 6 heteroatoms. The van der Waals surface area contributed by atoms with Gasteiger partial charge in [-0.1, -0.05) is 47.1 Å². The Bertz CT molecular complexity index is 834. The maximum absolute atomic E-state index is 13.0. The van der Waals surface area contributed by atoms with Crippen molar-refractivity contribution in [2.45, 2.75) is 6.54 Å². The number of halogens is 2. The molecule has 0 bridgehead atoms. The molecule has 0 aliphatic heterocycles. The Hall–Kier alpha value is -2.66. The van der Waals surface area contributed by atoms with Crippen LogP contribution in [0, 0.1) is 5.82 Å². The van der Waals surface area contributed by atoms with E-state index in [9.17, 15) is 9.18 Å². The quantitative estimate of drug-likeness (QED) is 0.784. The van der Waals surface area contributed by atoms with E-state index in [1.165, 1.54) is 12.1 Å². The molecule has 4 nitrogen and oxygen atoms in total. The van der Waals surface area contributed by atoms with Crippen LogP contribution in [0.3, 0.4) is 0 Å². The van der Waals surface area contributed by atoms with Gasteiger partial charge in [0.15, 0.2) is 5.76 Å². The van der Waals surface area contributed by atoms with E-state index in [4.69, 9.17) is 16.1 Å². The van der Waals surface area contributed by atoms with Crippen molar-refractivity contribution < 1.29 is 13.7 Å². The van der Waals surface area contributed by atoms with Crippen molar-refractivity contribution >= 4 is 17.5 Å². The van der Waals surface area contributed by atoms with Crippen LogP contribution in [-0.4, -0.2) is 11.1 Å². The lowest BCUT2D eigenvalue weighted by molar-refractivity contribution is 0.0950. The number of carbonyl (C=O) groups excluding carboxylic acids is 1. The van der Waals surface area contributed by atoms with Crippen molar-refractivity contribution in [1.29, 1.82) is 0 Å². The topological polar surface area (TPSA) is 55.1 Å². The van der Waals surface area contributed by atoms with E-state index in [0.29, 0.717) is 11.5 Å². The maximum atomic E-state index is 13.0. The maximum Gasteiger partial charge on any atom is 0.253 e. The fourth-order valence-electron chi connectivity index (χ4n) is 2.07. The number of aromatic nitrogens is 1. The summed E-state index contributed by atoms with van der Waals surface area (Å²) in [6.45, 7) is 0.183. The van der Waals surface area contributed by atoms with E-state index in [-0.39, 0.29) is 17.1 Å². The van der Waals surface area contributed by atoms with Crippen LogP contribution in [0.25, 0.3) is 11.3 Å².